The van der Waals surface area contributed by atoms with Crippen molar-refractivity contribution in [3.8, 4) is 0 Å². The SMILES string of the molecule is Cc1cc([N+](=O)[O-])c(NC2CCN(C(=O)O)CC2)cc1F. The Labute approximate surface area is 120 Å². The van der Waals surface area contributed by atoms with Gasteiger partial charge in [0.25, 0.3) is 5.69 Å². The van der Waals surface area contributed by atoms with E-state index in [-0.39, 0.29) is 23.0 Å². The van der Waals surface area contributed by atoms with Crippen LogP contribution in [0.1, 0.15) is 18.4 Å². The van der Waals surface area contributed by atoms with Crippen LogP contribution in [0.15, 0.2) is 12.1 Å². The molecule has 0 aliphatic carbocycles. The molecule has 114 valence electrons. The van der Waals surface area contributed by atoms with Gasteiger partial charge in [0.05, 0.1) is 4.92 Å². The summed E-state index contributed by atoms with van der Waals surface area (Å²) in [4.78, 5) is 22.6. The first kappa shape index (κ1) is 15.0. The predicted octanol–water partition coefficient (Wildman–Crippen LogP) is 2.60. The summed E-state index contributed by atoms with van der Waals surface area (Å²) in [6.07, 6.45) is 0.0820. The molecule has 0 spiro atoms. The summed E-state index contributed by atoms with van der Waals surface area (Å²) in [6, 6.07) is 2.21. The highest BCUT2D eigenvalue weighted by Crippen LogP contribution is 2.29. The number of hydrogen-bond donors (Lipinski definition) is 2. The van der Waals surface area contributed by atoms with Crippen LogP contribution in [0.2, 0.25) is 0 Å². The van der Waals surface area contributed by atoms with E-state index in [1.54, 1.807) is 0 Å². The zero-order valence-corrected chi connectivity index (χ0v) is 11.5. The van der Waals surface area contributed by atoms with Crippen LogP contribution >= 0.6 is 0 Å². The lowest BCUT2D eigenvalue weighted by Crippen LogP contribution is -2.41. The van der Waals surface area contributed by atoms with E-state index in [0.717, 1.165) is 6.07 Å². The Kier molecular flexibility index (Phi) is 4.25. The maximum Gasteiger partial charge on any atom is 0.407 e. The molecule has 0 unspecified atom stereocenters. The molecule has 1 aromatic carbocycles. The van der Waals surface area contributed by atoms with E-state index in [1.807, 2.05) is 0 Å². The Balaban J connectivity index is 2.11. The fourth-order valence-electron chi connectivity index (χ4n) is 2.37. The van der Waals surface area contributed by atoms with E-state index in [1.165, 1.54) is 17.9 Å². The van der Waals surface area contributed by atoms with Crippen LogP contribution in [0, 0.1) is 22.9 Å². The minimum absolute atomic E-state index is 0.110. The number of nitrogens with zero attached hydrogens (tertiary/aromatic N) is 2. The van der Waals surface area contributed by atoms with Crippen LogP contribution in [0.25, 0.3) is 0 Å². The average molecular weight is 297 g/mol. The van der Waals surface area contributed by atoms with Gasteiger partial charge in [-0.3, -0.25) is 10.1 Å². The third-order valence-electron chi connectivity index (χ3n) is 3.60. The quantitative estimate of drug-likeness (QED) is 0.660. The highest BCUT2D eigenvalue weighted by Gasteiger charge is 2.25. The third kappa shape index (κ3) is 3.39. The lowest BCUT2D eigenvalue weighted by molar-refractivity contribution is -0.384. The molecule has 7 nitrogen and oxygen atoms in total. The second-order valence-electron chi connectivity index (χ2n) is 5.06. The number of nitro groups is 1. The molecule has 1 amide bonds. The Morgan fingerprint density at radius 3 is 2.62 bits per heavy atom. The first-order valence-corrected chi connectivity index (χ1v) is 6.57. The van der Waals surface area contributed by atoms with Crippen LogP contribution in [-0.4, -0.2) is 40.2 Å². The van der Waals surface area contributed by atoms with Gasteiger partial charge in [-0.15, -0.1) is 0 Å². The number of benzene rings is 1. The molecule has 0 saturated carbocycles. The largest absolute Gasteiger partial charge is 0.465 e. The van der Waals surface area contributed by atoms with Crippen LogP contribution in [0.3, 0.4) is 0 Å². The van der Waals surface area contributed by atoms with Crippen molar-refractivity contribution >= 4 is 17.5 Å². The van der Waals surface area contributed by atoms with E-state index in [2.05, 4.69) is 5.32 Å². The molecular formula is C13H16FN3O4. The molecule has 8 heteroatoms. The van der Waals surface area contributed by atoms with Gasteiger partial charge in [-0.25, -0.2) is 9.18 Å². The lowest BCUT2D eigenvalue weighted by Gasteiger charge is -2.30. The summed E-state index contributed by atoms with van der Waals surface area (Å²) in [5.41, 5.74) is 0.180. The summed E-state index contributed by atoms with van der Waals surface area (Å²) >= 11 is 0. The van der Waals surface area contributed by atoms with Crippen LogP contribution in [0.5, 0.6) is 0 Å². The van der Waals surface area contributed by atoms with E-state index in [0.29, 0.717) is 25.9 Å². The number of carbonyl (C=O) groups is 1. The second-order valence-corrected chi connectivity index (χ2v) is 5.06. The Morgan fingerprint density at radius 1 is 1.48 bits per heavy atom. The fraction of sp³-hybridized carbons (Fsp3) is 0.462. The number of rotatable bonds is 3. The van der Waals surface area contributed by atoms with Crippen molar-refractivity contribution in [3.05, 3.63) is 33.6 Å². The number of carboxylic acid groups (broad SMARTS) is 1. The number of piperidine rings is 1. The average Bonchev–Trinajstić information content (AvgIpc) is 2.43. The topological polar surface area (TPSA) is 95.7 Å². The van der Waals surface area contributed by atoms with Gasteiger partial charge in [-0.05, 0) is 25.3 Å². The summed E-state index contributed by atoms with van der Waals surface area (Å²) in [5.74, 6) is -0.508. The molecule has 1 fully saturated rings. The summed E-state index contributed by atoms with van der Waals surface area (Å²) in [5, 5.41) is 22.8. The van der Waals surface area contributed by atoms with E-state index in [9.17, 15) is 19.3 Å². The number of halogens is 1. The van der Waals surface area contributed by atoms with Crippen molar-refractivity contribution in [2.45, 2.75) is 25.8 Å². The number of likely N-dealkylation sites (tertiary alicyclic amines) is 1. The molecule has 1 aliphatic rings. The van der Waals surface area contributed by atoms with Crippen molar-refractivity contribution in [3.63, 3.8) is 0 Å². The van der Waals surface area contributed by atoms with Crippen molar-refractivity contribution in [2.24, 2.45) is 0 Å². The fourth-order valence-corrected chi connectivity index (χ4v) is 2.37. The Hall–Kier alpha value is -2.38. The molecule has 0 aromatic heterocycles. The molecule has 21 heavy (non-hydrogen) atoms. The first-order valence-electron chi connectivity index (χ1n) is 6.57. The zero-order chi connectivity index (χ0) is 15.6. The predicted molar refractivity (Wildman–Crippen MR) is 74.0 cm³/mol. The molecule has 0 bridgehead atoms. The van der Waals surface area contributed by atoms with Crippen LogP contribution < -0.4 is 5.32 Å². The number of amides is 1. The monoisotopic (exact) mass is 297 g/mol. The van der Waals surface area contributed by atoms with Crippen molar-refractivity contribution in [1.82, 2.24) is 4.90 Å². The van der Waals surface area contributed by atoms with Crippen molar-refractivity contribution < 1.29 is 19.2 Å². The molecule has 1 aromatic rings. The smallest absolute Gasteiger partial charge is 0.407 e. The van der Waals surface area contributed by atoms with Gasteiger partial charge in [0, 0.05) is 31.3 Å². The van der Waals surface area contributed by atoms with Gasteiger partial charge < -0.3 is 15.3 Å². The molecule has 1 saturated heterocycles. The van der Waals surface area contributed by atoms with Gasteiger partial charge in [0.15, 0.2) is 0 Å². The minimum Gasteiger partial charge on any atom is -0.465 e. The van der Waals surface area contributed by atoms with Gasteiger partial charge in [0.2, 0.25) is 0 Å². The molecule has 2 rings (SSSR count). The molecular weight excluding hydrogens is 281 g/mol. The number of aryl methyl sites for hydroxylation is 1. The first-order chi connectivity index (χ1) is 9.88. The van der Waals surface area contributed by atoms with Gasteiger partial charge in [-0.1, -0.05) is 0 Å². The second kappa shape index (κ2) is 5.94. The molecule has 1 aliphatic heterocycles. The van der Waals surface area contributed by atoms with Crippen LogP contribution in [-0.2, 0) is 0 Å². The Morgan fingerprint density at radius 2 is 2.10 bits per heavy atom. The number of nitro benzene ring substituents is 1. The summed E-state index contributed by atoms with van der Waals surface area (Å²) < 4.78 is 13.6. The molecule has 1 heterocycles. The summed E-state index contributed by atoms with van der Waals surface area (Å²) in [7, 11) is 0. The number of anilines is 1. The normalized spacial score (nSPS) is 15.8. The lowest BCUT2D eigenvalue weighted by atomic mass is 10.0. The van der Waals surface area contributed by atoms with Gasteiger partial charge >= 0.3 is 6.09 Å². The van der Waals surface area contributed by atoms with E-state index < -0.39 is 16.8 Å². The van der Waals surface area contributed by atoms with E-state index >= 15 is 0 Å². The standard InChI is InChI=1S/C13H16FN3O4/c1-8-6-12(17(20)21)11(7-10(8)14)15-9-2-4-16(5-3-9)13(18)19/h6-7,9,15H,2-5H2,1H3,(H,18,19). The molecule has 0 atom stereocenters. The maximum atomic E-state index is 13.6. The highest BCUT2D eigenvalue weighted by atomic mass is 19.1. The van der Waals surface area contributed by atoms with Crippen molar-refractivity contribution in [2.75, 3.05) is 18.4 Å². The highest BCUT2D eigenvalue weighted by molar-refractivity contribution is 5.65. The zero-order valence-electron chi connectivity index (χ0n) is 11.5. The minimum atomic E-state index is -0.971. The van der Waals surface area contributed by atoms with Crippen LogP contribution in [0.4, 0.5) is 20.6 Å². The van der Waals surface area contributed by atoms with Gasteiger partial charge in [-0.2, -0.15) is 0 Å². The van der Waals surface area contributed by atoms with Crippen molar-refractivity contribution in [1.29, 1.82) is 0 Å². The summed E-state index contributed by atoms with van der Waals surface area (Å²) in [6.45, 7) is 2.18. The molecule has 2 N–H and O–H groups in total. The van der Waals surface area contributed by atoms with Gasteiger partial charge in [0.1, 0.15) is 11.5 Å². The Bertz CT molecular complexity index is 571. The number of hydrogen-bond acceptors (Lipinski definition) is 4. The van der Waals surface area contributed by atoms with E-state index in [4.69, 9.17) is 5.11 Å². The maximum absolute atomic E-state index is 13.6. The molecule has 0 radical (unpaired) electrons. The number of nitrogens with one attached hydrogen (secondary N) is 1. The third-order valence-corrected chi connectivity index (χ3v) is 3.60.